The summed E-state index contributed by atoms with van der Waals surface area (Å²) in [6.07, 6.45) is 0. The van der Waals surface area contributed by atoms with Crippen LogP contribution in [0.1, 0.15) is 31.9 Å². The van der Waals surface area contributed by atoms with Crippen LogP contribution in [0.4, 0.5) is 0 Å². The minimum atomic E-state index is 0.415. The normalized spacial score (nSPS) is 10.8. The van der Waals surface area contributed by atoms with Crippen molar-refractivity contribution in [3.05, 3.63) is 58.6 Å². The summed E-state index contributed by atoms with van der Waals surface area (Å²) in [7, 11) is 0. The first-order valence-corrected chi connectivity index (χ1v) is 8.33. The third kappa shape index (κ3) is 5.45. The SMILES string of the molecule is CCOc1cc(CNC(C)C)cc(Cl)c1OCc1ccccc1. The van der Waals surface area contributed by atoms with Crippen LogP contribution >= 0.6 is 11.6 Å². The molecule has 0 saturated heterocycles. The molecule has 1 N–H and O–H groups in total. The highest BCUT2D eigenvalue weighted by atomic mass is 35.5. The van der Waals surface area contributed by atoms with Crippen LogP contribution in [0, 0.1) is 0 Å². The second-order valence-corrected chi connectivity index (χ2v) is 6.05. The summed E-state index contributed by atoms with van der Waals surface area (Å²) in [5.74, 6) is 1.29. The largest absolute Gasteiger partial charge is 0.490 e. The zero-order chi connectivity index (χ0) is 16.7. The molecule has 0 unspecified atom stereocenters. The topological polar surface area (TPSA) is 30.5 Å². The van der Waals surface area contributed by atoms with Crippen molar-refractivity contribution in [2.75, 3.05) is 6.61 Å². The Kier molecular flexibility index (Phi) is 6.75. The van der Waals surface area contributed by atoms with E-state index >= 15 is 0 Å². The van der Waals surface area contributed by atoms with Crippen molar-refractivity contribution in [3.8, 4) is 11.5 Å². The molecule has 0 aliphatic rings. The van der Waals surface area contributed by atoms with Crippen LogP contribution in [0.5, 0.6) is 11.5 Å². The molecule has 0 bridgehead atoms. The van der Waals surface area contributed by atoms with Gasteiger partial charge in [0.05, 0.1) is 11.6 Å². The Morgan fingerprint density at radius 3 is 2.43 bits per heavy atom. The van der Waals surface area contributed by atoms with E-state index in [0.29, 0.717) is 35.8 Å². The van der Waals surface area contributed by atoms with Crippen molar-refractivity contribution in [3.63, 3.8) is 0 Å². The van der Waals surface area contributed by atoms with Gasteiger partial charge < -0.3 is 14.8 Å². The summed E-state index contributed by atoms with van der Waals surface area (Å²) in [5.41, 5.74) is 2.18. The van der Waals surface area contributed by atoms with Gasteiger partial charge in [0.15, 0.2) is 11.5 Å². The predicted octanol–water partition coefficient (Wildman–Crippen LogP) is 4.82. The molecule has 23 heavy (non-hydrogen) atoms. The first-order chi connectivity index (χ1) is 11.1. The monoisotopic (exact) mass is 333 g/mol. The van der Waals surface area contributed by atoms with Gasteiger partial charge >= 0.3 is 0 Å². The Bertz CT molecular complexity index is 614. The Balaban J connectivity index is 2.16. The van der Waals surface area contributed by atoms with Crippen LogP contribution in [-0.2, 0) is 13.2 Å². The molecule has 4 heteroatoms. The van der Waals surface area contributed by atoms with Crippen LogP contribution < -0.4 is 14.8 Å². The molecule has 124 valence electrons. The lowest BCUT2D eigenvalue weighted by atomic mass is 10.2. The fraction of sp³-hybridized carbons (Fsp3) is 0.368. The second-order valence-electron chi connectivity index (χ2n) is 5.65. The Hall–Kier alpha value is -1.71. The van der Waals surface area contributed by atoms with E-state index in [1.807, 2.05) is 49.4 Å². The van der Waals surface area contributed by atoms with Gasteiger partial charge in [-0.1, -0.05) is 55.8 Å². The zero-order valence-corrected chi connectivity index (χ0v) is 14.7. The first-order valence-electron chi connectivity index (χ1n) is 7.95. The van der Waals surface area contributed by atoms with Crippen LogP contribution in [0.15, 0.2) is 42.5 Å². The number of hydrogen-bond donors (Lipinski definition) is 1. The molecule has 0 fully saturated rings. The van der Waals surface area contributed by atoms with E-state index < -0.39 is 0 Å². The lowest BCUT2D eigenvalue weighted by Crippen LogP contribution is -2.21. The lowest BCUT2D eigenvalue weighted by Gasteiger charge is -2.16. The maximum atomic E-state index is 6.42. The van der Waals surface area contributed by atoms with Gasteiger partial charge in [-0.05, 0) is 30.2 Å². The van der Waals surface area contributed by atoms with E-state index in [1.165, 1.54) is 0 Å². The molecule has 0 aliphatic heterocycles. The van der Waals surface area contributed by atoms with Crippen LogP contribution in [0.25, 0.3) is 0 Å². The summed E-state index contributed by atoms with van der Waals surface area (Å²) in [5, 5.41) is 3.96. The highest BCUT2D eigenvalue weighted by Gasteiger charge is 2.13. The van der Waals surface area contributed by atoms with Crippen molar-refractivity contribution < 1.29 is 9.47 Å². The van der Waals surface area contributed by atoms with Gasteiger partial charge in [0.2, 0.25) is 0 Å². The molecule has 0 amide bonds. The summed E-state index contributed by atoms with van der Waals surface area (Å²) in [6, 6.07) is 14.3. The summed E-state index contributed by atoms with van der Waals surface area (Å²) in [4.78, 5) is 0. The molecule has 3 nitrogen and oxygen atoms in total. The Labute approximate surface area is 143 Å². The molecular formula is C19H24ClNO2. The lowest BCUT2D eigenvalue weighted by molar-refractivity contribution is 0.269. The van der Waals surface area contributed by atoms with E-state index in [-0.39, 0.29) is 0 Å². The molecule has 0 atom stereocenters. The van der Waals surface area contributed by atoms with Crippen LogP contribution in [-0.4, -0.2) is 12.6 Å². The fourth-order valence-corrected chi connectivity index (χ4v) is 2.47. The predicted molar refractivity (Wildman–Crippen MR) is 95.4 cm³/mol. The quantitative estimate of drug-likeness (QED) is 0.751. The van der Waals surface area contributed by atoms with E-state index in [1.54, 1.807) is 0 Å². The van der Waals surface area contributed by atoms with Gasteiger partial charge in [-0.2, -0.15) is 0 Å². The number of halogens is 1. The van der Waals surface area contributed by atoms with Gasteiger partial charge in [0.25, 0.3) is 0 Å². The zero-order valence-electron chi connectivity index (χ0n) is 13.9. The maximum absolute atomic E-state index is 6.42. The minimum Gasteiger partial charge on any atom is -0.490 e. The van der Waals surface area contributed by atoms with E-state index in [9.17, 15) is 0 Å². The van der Waals surface area contributed by atoms with E-state index in [2.05, 4.69) is 19.2 Å². The summed E-state index contributed by atoms with van der Waals surface area (Å²) >= 11 is 6.42. The van der Waals surface area contributed by atoms with Gasteiger partial charge in [-0.25, -0.2) is 0 Å². The fourth-order valence-electron chi connectivity index (χ4n) is 2.18. The maximum Gasteiger partial charge on any atom is 0.180 e. The van der Waals surface area contributed by atoms with E-state index in [4.69, 9.17) is 21.1 Å². The van der Waals surface area contributed by atoms with Crippen LogP contribution in [0.3, 0.4) is 0 Å². The standard InChI is InChI=1S/C19H24ClNO2/c1-4-22-18-11-16(12-21-14(2)3)10-17(20)19(18)23-13-15-8-6-5-7-9-15/h5-11,14,21H,4,12-13H2,1-3H3. The number of rotatable bonds is 8. The van der Waals surface area contributed by atoms with Gasteiger partial charge in [-0.15, -0.1) is 0 Å². The van der Waals surface area contributed by atoms with Crippen molar-refractivity contribution >= 4 is 11.6 Å². The van der Waals surface area contributed by atoms with Gasteiger partial charge in [-0.3, -0.25) is 0 Å². The van der Waals surface area contributed by atoms with Gasteiger partial charge in [0, 0.05) is 12.6 Å². The van der Waals surface area contributed by atoms with Crippen molar-refractivity contribution in [1.82, 2.24) is 5.32 Å². The number of hydrogen-bond acceptors (Lipinski definition) is 3. The molecule has 2 rings (SSSR count). The smallest absolute Gasteiger partial charge is 0.180 e. The molecule has 0 radical (unpaired) electrons. The molecule has 0 spiro atoms. The first kappa shape index (κ1) is 17.6. The molecule has 2 aromatic carbocycles. The minimum absolute atomic E-state index is 0.415. The number of nitrogens with one attached hydrogen (secondary N) is 1. The highest BCUT2D eigenvalue weighted by Crippen LogP contribution is 2.37. The molecule has 0 aromatic heterocycles. The molecule has 0 aliphatic carbocycles. The third-order valence-corrected chi connectivity index (χ3v) is 3.59. The molecular weight excluding hydrogens is 310 g/mol. The average molecular weight is 334 g/mol. The molecule has 0 saturated carbocycles. The third-order valence-electron chi connectivity index (χ3n) is 3.31. The second kappa shape index (κ2) is 8.80. The number of ether oxygens (including phenoxy) is 2. The van der Waals surface area contributed by atoms with E-state index in [0.717, 1.165) is 17.7 Å². The highest BCUT2D eigenvalue weighted by molar-refractivity contribution is 6.32. The Morgan fingerprint density at radius 1 is 1.04 bits per heavy atom. The van der Waals surface area contributed by atoms with Crippen molar-refractivity contribution in [1.29, 1.82) is 0 Å². The Morgan fingerprint density at radius 2 is 1.78 bits per heavy atom. The average Bonchev–Trinajstić information content (AvgIpc) is 2.53. The summed E-state index contributed by atoms with van der Waals surface area (Å²) in [6.45, 7) is 7.96. The van der Waals surface area contributed by atoms with Crippen LogP contribution in [0.2, 0.25) is 5.02 Å². The number of benzene rings is 2. The van der Waals surface area contributed by atoms with Crippen molar-refractivity contribution in [2.24, 2.45) is 0 Å². The summed E-state index contributed by atoms with van der Waals surface area (Å²) < 4.78 is 11.6. The van der Waals surface area contributed by atoms with Crippen molar-refractivity contribution in [2.45, 2.75) is 40.0 Å². The molecule has 0 heterocycles. The van der Waals surface area contributed by atoms with Gasteiger partial charge in [0.1, 0.15) is 6.61 Å². The molecule has 2 aromatic rings.